The summed E-state index contributed by atoms with van der Waals surface area (Å²) in [6, 6.07) is 12.3. The van der Waals surface area contributed by atoms with Crippen LogP contribution >= 0.6 is 23.2 Å². The van der Waals surface area contributed by atoms with Crippen molar-refractivity contribution in [2.75, 3.05) is 26.2 Å². The lowest BCUT2D eigenvalue weighted by atomic mass is 10.1. The summed E-state index contributed by atoms with van der Waals surface area (Å²) in [5, 5.41) is 13.7. The molecule has 1 heterocycles. The lowest BCUT2D eigenvalue weighted by Crippen LogP contribution is -2.39. The molecule has 0 spiro atoms. The van der Waals surface area contributed by atoms with E-state index in [1.165, 1.54) is 0 Å². The van der Waals surface area contributed by atoms with E-state index < -0.39 is 0 Å². The molecular formula is C22H26Cl2N2O3. The summed E-state index contributed by atoms with van der Waals surface area (Å²) in [5.41, 5.74) is 0.647. The number of phenolic OH excluding ortho intramolecular Hbond substituents is 1. The summed E-state index contributed by atoms with van der Waals surface area (Å²) < 4.78 is 6.02. The van der Waals surface area contributed by atoms with Crippen LogP contribution in [0.5, 0.6) is 11.5 Å². The number of nitrogens with one attached hydrogen (secondary N) is 1. The van der Waals surface area contributed by atoms with Crippen molar-refractivity contribution < 1.29 is 14.6 Å². The second-order valence-corrected chi connectivity index (χ2v) is 8.06. The molecule has 156 valence electrons. The number of halogens is 2. The van der Waals surface area contributed by atoms with Gasteiger partial charge in [0.05, 0.1) is 16.5 Å². The third-order valence-electron chi connectivity index (χ3n) is 5.04. The lowest BCUT2D eigenvalue weighted by Gasteiger charge is -2.32. The maximum Gasteiger partial charge on any atom is 0.224 e. The van der Waals surface area contributed by atoms with Gasteiger partial charge in [-0.1, -0.05) is 41.4 Å². The van der Waals surface area contributed by atoms with Gasteiger partial charge in [-0.3, -0.25) is 4.79 Å². The minimum Gasteiger partial charge on any atom is -0.508 e. The Kier molecular flexibility index (Phi) is 8.04. The first-order valence-corrected chi connectivity index (χ1v) is 10.6. The monoisotopic (exact) mass is 436 g/mol. The van der Waals surface area contributed by atoms with E-state index >= 15 is 0 Å². The summed E-state index contributed by atoms with van der Waals surface area (Å²) in [7, 11) is 0. The molecule has 0 aromatic heterocycles. The van der Waals surface area contributed by atoms with Crippen molar-refractivity contribution in [1.82, 2.24) is 10.2 Å². The van der Waals surface area contributed by atoms with Crippen molar-refractivity contribution in [1.29, 1.82) is 0 Å². The number of rotatable bonds is 8. The predicted molar refractivity (Wildman–Crippen MR) is 116 cm³/mol. The van der Waals surface area contributed by atoms with E-state index in [4.69, 9.17) is 27.9 Å². The van der Waals surface area contributed by atoms with Gasteiger partial charge in [-0.25, -0.2) is 0 Å². The van der Waals surface area contributed by atoms with E-state index in [1.807, 2.05) is 12.1 Å². The molecule has 0 atom stereocenters. The molecule has 1 fully saturated rings. The number of carbonyl (C=O) groups excluding carboxylic acids is 1. The predicted octanol–water partition coefficient (Wildman–Crippen LogP) is 4.29. The summed E-state index contributed by atoms with van der Waals surface area (Å²) in [6.45, 7) is 3.51. The van der Waals surface area contributed by atoms with Crippen LogP contribution in [0.1, 0.15) is 24.8 Å². The first-order valence-electron chi connectivity index (χ1n) is 9.89. The number of carbonyl (C=O) groups is 1. The van der Waals surface area contributed by atoms with Crippen molar-refractivity contribution in [3.63, 3.8) is 0 Å². The van der Waals surface area contributed by atoms with Crippen molar-refractivity contribution in [2.24, 2.45) is 0 Å². The van der Waals surface area contributed by atoms with E-state index in [0.717, 1.165) is 44.6 Å². The van der Waals surface area contributed by atoms with Gasteiger partial charge in [0.1, 0.15) is 17.6 Å². The second kappa shape index (κ2) is 10.7. The van der Waals surface area contributed by atoms with Gasteiger partial charge in [-0.2, -0.15) is 0 Å². The molecule has 0 radical (unpaired) electrons. The zero-order valence-electron chi connectivity index (χ0n) is 16.2. The van der Waals surface area contributed by atoms with Crippen molar-refractivity contribution in [3.05, 3.63) is 58.1 Å². The van der Waals surface area contributed by atoms with Crippen LogP contribution in [0.3, 0.4) is 0 Å². The van der Waals surface area contributed by atoms with E-state index in [9.17, 15) is 9.90 Å². The van der Waals surface area contributed by atoms with E-state index in [0.29, 0.717) is 22.2 Å². The fourth-order valence-corrected chi connectivity index (χ4v) is 3.71. The zero-order valence-corrected chi connectivity index (χ0v) is 17.8. The normalized spacial score (nSPS) is 15.2. The number of hydrogen-bond donors (Lipinski definition) is 2. The number of benzene rings is 2. The SMILES string of the molecule is O=C(Cc1ccccc1O)NCCCN1CCC(Oc2ccc(Cl)c(Cl)c2)CC1. The fraction of sp³-hybridized carbons (Fsp3) is 0.409. The molecule has 7 heteroatoms. The smallest absolute Gasteiger partial charge is 0.224 e. The fourth-order valence-electron chi connectivity index (χ4n) is 3.42. The van der Waals surface area contributed by atoms with E-state index in [1.54, 1.807) is 30.3 Å². The molecule has 1 aliphatic rings. The summed E-state index contributed by atoms with van der Waals surface area (Å²) in [5.74, 6) is 0.846. The Morgan fingerprint density at radius 1 is 1.14 bits per heavy atom. The topological polar surface area (TPSA) is 61.8 Å². The summed E-state index contributed by atoms with van der Waals surface area (Å²) in [6.07, 6.45) is 3.19. The molecule has 29 heavy (non-hydrogen) atoms. The molecule has 2 aromatic rings. The average Bonchev–Trinajstić information content (AvgIpc) is 2.71. The third kappa shape index (κ3) is 6.81. The zero-order chi connectivity index (χ0) is 20.6. The van der Waals surface area contributed by atoms with Crippen LogP contribution in [0.25, 0.3) is 0 Å². The Bertz CT molecular complexity index is 823. The van der Waals surface area contributed by atoms with Crippen LogP contribution in [-0.2, 0) is 11.2 Å². The number of likely N-dealkylation sites (tertiary alicyclic amines) is 1. The Labute approximate surface area is 181 Å². The van der Waals surface area contributed by atoms with Gasteiger partial charge in [0.25, 0.3) is 0 Å². The van der Waals surface area contributed by atoms with E-state index in [2.05, 4.69) is 10.2 Å². The number of nitrogens with zero attached hydrogens (tertiary/aromatic N) is 1. The minimum absolute atomic E-state index is 0.0692. The highest BCUT2D eigenvalue weighted by atomic mass is 35.5. The van der Waals surface area contributed by atoms with Gasteiger partial charge < -0.3 is 20.1 Å². The molecule has 5 nitrogen and oxygen atoms in total. The number of amides is 1. The lowest BCUT2D eigenvalue weighted by molar-refractivity contribution is -0.120. The van der Waals surface area contributed by atoms with E-state index in [-0.39, 0.29) is 24.2 Å². The maximum absolute atomic E-state index is 12.0. The molecule has 1 aliphatic heterocycles. The molecule has 2 aromatic carbocycles. The Hall–Kier alpha value is -1.95. The molecule has 0 bridgehead atoms. The Morgan fingerprint density at radius 2 is 1.90 bits per heavy atom. The van der Waals surface area contributed by atoms with Crippen LogP contribution in [0.4, 0.5) is 0 Å². The number of aromatic hydroxyl groups is 1. The largest absolute Gasteiger partial charge is 0.508 e. The molecule has 1 saturated heterocycles. The second-order valence-electron chi connectivity index (χ2n) is 7.24. The van der Waals surface area contributed by atoms with Gasteiger partial charge in [0, 0.05) is 31.3 Å². The molecular weight excluding hydrogens is 411 g/mol. The molecule has 3 rings (SSSR count). The highest BCUT2D eigenvalue weighted by Gasteiger charge is 2.20. The summed E-state index contributed by atoms with van der Waals surface area (Å²) in [4.78, 5) is 14.4. The highest BCUT2D eigenvalue weighted by molar-refractivity contribution is 6.42. The molecule has 0 saturated carbocycles. The van der Waals surface area contributed by atoms with Crippen molar-refractivity contribution in [3.8, 4) is 11.5 Å². The van der Waals surface area contributed by atoms with Crippen LogP contribution in [-0.4, -0.2) is 48.2 Å². The van der Waals surface area contributed by atoms with Crippen LogP contribution in [0, 0.1) is 0 Å². The highest BCUT2D eigenvalue weighted by Crippen LogP contribution is 2.28. The van der Waals surface area contributed by atoms with Gasteiger partial charge in [0.2, 0.25) is 5.91 Å². The maximum atomic E-state index is 12.0. The molecule has 0 aliphatic carbocycles. The summed E-state index contributed by atoms with van der Waals surface area (Å²) >= 11 is 12.0. The number of piperidine rings is 1. The number of hydrogen-bond acceptors (Lipinski definition) is 4. The van der Waals surface area contributed by atoms with Crippen molar-refractivity contribution in [2.45, 2.75) is 31.8 Å². The molecule has 1 amide bonds. The Balaban J connectivity index is 1.30. The van der Waals surface area contributed by atoms with Gasteiger partial charge in [0.15, 0.2) is 0 Å². The van der Waals surface area contributed by atoms with Gasteiger partial charge >= 0.3 is 0 Å². The van der Waals surface area contributed by atoms with Gasteiger partial charge in [-0.15, -0.1) is 0 Å². The average molecular weight is 437 g/mol. The van der Waals surface area contributed by atoms with Crippen LogP contribution in [0.15, 0.2) is 42.5 Å². The number of para-hydroxylation sites is 1. The minimum atomic E-state index is -0.0692. The molecule has 2 N–H and O–H groups in total. The number of phenols is 1. The molecule has 0 unspecified atom stereocenters. The third-order valence-corrected chi connectivity index (χ3v) is 5.78. The van der Waals surface area contributed by atoms with Gasteiger partial charge in [-0.05, 0) is 44.0 Å². The van der Waals surface area contributed by atoms with Crippen LogP contribution < -0.4 is 10.1 Å². The standard InChI is InChI=1S/C22H26Cl2N2O3/c23-19-7-6-18(15-20(19)24)29-17-8-12-26(13-9-17)11-3-10-25-22(28)14-16-4-1-2-5-21(16)27/h1-2,4-7,15,17,27H,3,8-14H2,(H,25,28). The van der Waals surface area contributed by atoms with Crippen LogP contribution in [0.2, 0.25) is 10.0 Å². The quantitative estimate of drug-likeness (QED) is 0.605. The van der Waals surface area contributed by atoms with Crippen molar-refractivity contribution >= 4 is 29.1 Å². The first-order chi connectivity index (χ1) is 14.0. The Morgan fingerprint density at radius 3 is 2.62 bits per heavy atom. The first kappa shape index (κ1) is 21.8. The number of ether oxygens (including phenoxy) is 1.